The van der Waals surface area contributed by atoms with Crippen molar-refractivity contribution in [1.82, 2.24) is 5.32 Å². The second-order valence-corrected chi connectivity index (χ2v) is 4.91. The fourth-order valence-corrected chi connectivity index (χ4v) is 2.19. The topological polar surface area (TPSA) is 69.6 Å². The van der Waals surface area contributed by atoms with Gasteiger partial charge < -0.3 is 15.5 Å². The number of aliphatic hydroxyl groups excluding tert-OH is 1. The maximum Gasteiger partial charge on any atom is 0.335 e. The van der Waals surface area contributed by atoms with Crippen molar-refractivity contribution in [2.45, 2.75) is 32.7 Å². The number of aliphatic hydroxyl groups is 1. The molecule has 3 N–H and O–H groups in total. The van der Waals surface area contributed by atoms with Crippen molar-refractivity contribution in [3.63, 3.8) is 0 Å². The molecule has 0 aliphatic heterocycles. The summed E-state index contributed by atoms with van der Waals surface area (Å²) in [5.74, 6) is -1.11. The van der Waals surface area contributed by atoms with E-state index in [9.17, 15) is 9.18 Å². The van der Waals surface area contributed by atoms with Gasteiger partial charge >= 0.3 is 5.97 Å². The highest BCUT2D eigenvalue weighted by Crippen LogP contribution is 2.12. The molecule has 0 saturated heterocycles. The zero-order chi connectivity index (χ0) is 15.0. The molecule has 20 heavy (non-hydrogen) atoms. The molecule has 112 valence electrons. The predicted octanol–water partition coefficient (Wildman–Crippen LogP) is 2.41. The van der Waals surface area contributed by atoms with Crippen molar-refractivity contribution >= 4 is 5.97 Å². The first-order chi connectivity index (χ1) is 9.58. The van der Waals surface area contributed by atoms with E-state index in [2.05, 4.69) is 12.2 Å². The average Bonchev–Trinajstić information content (AvgIpc) is 2.41. The highest BCUT2D eigenvalue weighted by molar-refractivity contribution is 5.87. The van der Waals surface area contributed by atoms with Crippen LogP contribution in [0.3, 0.4) is 0 Å². The van der Waals surface area contributed by atoms with Crippen LogP contribution in [0, 0.1) is 11.7 Å². The van der Waals surface area contributed by atoms with Gasteiger partial charge in [-0.2, -0.15) is 0 Å². The standard InChI is InChI=1S/C15H22FNO3/c1-2-3-11(6-7-18)9-17-10-13-8-12(15(19)20)4-5-14(13)16/h4-5,8,11,17-18H,2-3,6-7,9-10H2,1H3,(H,19,20). The molecule has 1 aromatic carbocycles. The molecule has 1 unspecified atom stereocenters. The smallest absolute Gasteiger partial charge is 0.335 e. The first kappa shape index (κ1) is 16.6. The van der Waals surface area contributed by atoms with Crippen LogP contribution in [0.25, 0.3) is 0 Å². The maximum atomic E-state index is 13.6. The summed E-state index contributed by atoms with van der Waals surface area (Å²) in [5.41, 5.74) is 0.438. The molecular formula is C15H22FNO3. The van der Waals surface area contributed by atoms with E-state index in [1.165, 1.54) is 18.2 Å². The molecule has 0 fully saturated rings. The van der Waals surface area contributed by atoms with E-state index >= 15 is 0 Å². The van der Waals surface area contributed by atoms with Crippen LogP contribution in [0.4, 0.5) is 4.39 Å². The normalized spacial score (nSPS) is 12.3. The van der Waals surface area contributed by atoms with Gasteiger partial charge in [0.2, 0.25) is 0 Å². The summed E-state index contributed by atoms with van der Waals surface area (Å²) >= 11 is 0. The largest absolute Gasteiger partial charge is 0.478 e. The van der Waals surface area contributed by atoms with Crippen LogP contribution < -0.4 is 5.32 Å². The summed E-state index contributed by atoms with van der Waals surface area (Å²) in [4.78, 5) is 10.8. The Bertz CT molecular complexity index is 431. The Kier molecular flexibility index (Phi) is 7.18. The highest BCUT2D eigenvalue weighted by Gasteiger charge is 2.10. The number of carbonyl (C=O) groups is 1. The van der Waals surface area contributed by atoms with Gasteiger partial charge in [-0.15, -0.1) is 0 Å². The Morgan fingerprint density at radius 3 is 2.75 bits per heavy atom. The van der Waals surface area contributed by atoms with E-state index in [0.717, 1.165) is 19.3 Å². The van der Waals surface area contributed by atoms with Gasteiger partial charge in [0.25, 0.3) is 0 Å². The van der Waals surface area contributed by atoms with Crippen molar-refractivity contribution in [3.8, 4) is 0 Å². The fourth-order valence-electron chi connectivity index (χ4n) is 2.19. The van der Waals surface area contributed by atoms with E-state index < -0.39 is 11.8 Å². The van der Waals surface area contributed by atoms with Crippen molar-refractivity contribution in [3.05, 3.63) is 35.1 Å². The lowest BCUT2D eigenvalue weighted by Crippen LogP contribution is -2.24. The first-order valence-corrected chi connectivity index (χ1v) is 6.91. The molecule has 0 heterocycles. The van der Waals surface area contributed by atoms with Crippen LogP contribution in [0.5, 0.6) is 0 Å². The van der Waals surface area contributed by atoms with Crippen molar-refractivity contribution < 1.29 is 19.4 Å². The van der Waals surface area contributed by atoms with Crippen molar-refractivity contribution in [1.29, 1.82) is 0 Å². The van der Waals surface area contributed by atoms with Crippen LogP contribution in [0.1, 0.15) is 42.1 Å². The summed E-state index contributed by atoms with van der Waals surface area (Å²) in [6, 6.07) is 3.79. The molecule has 5 heteroatoms. The first-order valence-electron chi connectivity index (χ1n) is 6.91. The number of carboxylic acid groups (broad SMARTS) is 1. The minimum absolute atomic E-state index is 0.0867. The minimum Gasteiger partial charge on any atom is -0.478 e. The minimum atomic E-state index is -1.06. The molecule has 1 rings (SSSR count). The fraction of sp³-hybridized carbons (Fsp3) is 0.533. The van der Waals surface area contributed by atoms with Crippen LogP contribution in [-0.4, -0.2) is 29.3 Å². The number of hydrogen-bond acceptors (Lipinski definition) is 3. The summed E-state index contributed by atoms with van der Waals surface area (Å²) in [7, 11) is 0. The van der Waals surface area contributed by atoms with Gasteiger partial charge in [-0.05, 0) is 43.5 Å². The van der Waals surface area contributed by atoms with Gasteiger partial charge in [-0.25, -0.2) is 9.18 Å². The van der Waals surface area contributed by atoms with Gasteiger partial charge in [0.05, 0.1) is 5.56 Å². The second-order valence-electron chi connectivity index (χ2n) is 4.91. The van der Waals surface area contributed by atoms with Gasteiger partial charge in [0.1, 0.15) is 5.82 Å². The predicted molar refractivity (Wildman–Crippen MR) is 75.2 cm³/mol. The molecule has 1 aromatic rings. The van der Waals surface area contributed by atoms with Gasteiger partial charge in [0.15, 0.2) is 0 Å². The number of hydrogen-bond donors (Lipinski definition) is 3. The molecule has 0 spiro atoms. The summed E-state index contributed by atoms with van der Waals surface area (Å²) in [6.45, 7) is 3.21. The molecule has 0 bridgehead atoms. The number of carboxylic acids is 1. The monoisotopic (exact) mass is 283 g/mol. The van der Waals surface area contributed by atoms with Crippen LogP contribution in [0.2, 0.25) is 0 Å². The SMILES string of the molecule is CCCC(CCO)CNCc1cc(C(=O)O)ccc1F. The lowest BCUT2D eigenvalue weighted by Gasteiger charge is -2.16. The summed E-state index contributed by atoms with van der Waals surface area (Å²) in [5, 5.41) is 21.0. The van der Waals surface area contributed by atoms with E-state index in [4.69, 9.17) is 10.2 Å². The number of nitrogens with one attached hydrogen (secondary N) is 1. The van der Waals surface area contributed by atoms with Crippen LogP contribution in [0.15, 0.2) is 18.2 Å². The third-order valence-electron chi connectivity index (χ3n) is 3.28. The zero-order valence-electron chi connectivity index (χ0n) is 11.7. The third kappa shape index (κ3) is 5.27. The molecule has 0 aliphatic rings. The van der Waals surface area contributed by atoms with Crippen LogP contribution >= 0.6 is 0 Å². The van der Waals surface area contributed by atoms with E-state index in [1.807, 2.05) is 0 Å². The van der Waals surface area contributed by atoms with E-state index in [0.29, 0.717) is 24.6 Å². The zero-order valence-corrected chi connectivity index (χ0v) is 11.7. The Hall–Kier alpha value is -1.46. The van der Waals surface area contributed by atoms with Crippen molar-refractivity contribution in [2.75, 3.05) is 13.2 Å². The Labute approximate surface area is 118 Å². The van der Waals surface area contributed by atoms with Crippen molar-refractivity contribution in [2.24, 2.45) is 5.92 Å². The molecule has 1 atom stereocenters. The number of rotatable bonds is 9. The molecule has 0 amide bonds. The maximum absolute atomic E-state index is 13.6. The lowest BCUT2D eigenvalue weighted by atomic mass is 10.00. The molecule has 4 nitrogen and oxygen atoms in total. The molecule has 0 saturated carbocycles. The quantitative estimate of drug-likeness (QED) is 0.651. The summed E-state index contributed by atoms with van der Waals surface area (Å²) < 4.78 is 13.6. The van der Waals surface area contributed by atoms with Crippen LogP contribution in [-0.2, 0) is 6.54 Å². The molecular weight excluding hydrogens is 261 g/mol. The number of benzene rings is 1. The molecule has 0 aromatic heterocycles. The number of aromatic carboxylic acids is 1. The van der Waals surface area contributed by atoms with E-state index in [-0.39, 0.29) is 12.2 Å². The van der Waals surface area contributed by atoms with E-state index in [1.54, 1.807) is 0 Å². The van der Waals surface area contributed by atoms with Gasteiger partial charge in [-0.3, -0.25) is 0 Å². The van der Waals surface area contributed by atoms with Gasteiger partial charge in [0, 0.05) is 18.7 Å². The highest BCUT2D eigenvalue weighted by atomic mass is 19.1. The van der Waals surface area contributed by atoms with Gasteiger partial charge in [-0.1, -0.05) is 13.3 Å². The lowest BCUT2D eigenvalue weighted by molar-refractivity contribution is 0.0696. The molecule has 0 aliphatic carbocycles. The molecule has 0 radical (unpaired) electrons. The Morgan fingerprint density at radius 2 is 2.15 bits per heavy atom. The Balaban J connectivity index is 2.56. The second kappa shape index (κ2) is 8.66. The Morgan fingerprint density at radius 1 is 1.40 bits per heavy atom. The third-order valence-corrected chi connectivity index (χ3v) is 3.28. The summed E-state index contributed by atoms with van der Waals surface area (Å²) in [6.07, 6.45) is 2.76. The number of halogens is 1. The average molecular weight is 283 g/mol.